The molecule has 3 heteroatoms. The Labute approximate surface area is 342 Å². The minimum atomic E-state index is -0.123. The van der Waals surface area contributed by atoms with Crippen molar-refractivity contribution in [3.05, 3.63) is 192 Å². The summed E-state index contributed by atoms with van der Waals surface area (Å²) in [5, 5.41) is 0. The minimum Gasteiger partial charge on any atom is -0.494 e. The summed E-state index contributed by atoms with van der Waals surface area (Å²) in [6.07, 6.45) is 8.29. The van der Waals surface area contributed by atoms with Crippen LogP contribution in [0, 0.1) is 0 Å². The maximum atomic E-state index is 6.41. The summed E-state index contributed by atoms with van der Waals surface area (Å²) in [6.45, 7) is 14.2. The number of para-hydroxylation sites is 2. The number of hydrogen-bond acceptors (Lipinski definition) is 3. The van der Waals surface area contributed by atoms with Crippen molar-refractivity contribution in [2.45, 2.75) is 96.8 Å². The lowest BCUT2D eigenvalue weighted by Crippen LogP contribution is -2.27. The second-order valence-corrected chi connectivity index (χ2v) is 16.3. The second-order valence-electron chi connectivity index (χ2n) is 16.3. The van der Waals surface area contributed by atoms with Crippen LogP contribution in [0.15, 0.2) is 164 Å². The molecule has 0 saturated carbocycles. The quantitative estimate of drug-likeness (QED) is 0.0824. The molecule has 0 spiro atoms. The van der Waals surface area contributed by atoms with E-state index >= 15 is 0 Å². The van der Waals surface area contributed by atoms with Gasteiger partial charge in [-0.2, -0.15) is 0 Å². The number of allylic oxidation sites excluding steroid dienone is 2. The average Bonchev–Trinajstić information content (AvgIpc) is 3.23. The van der Waals surface area contributed by atoms with Crippen LogP contribution in [0.2, 0.25) is 0 Å². The normalized spacial score (nSPS) is 13.4. The molecule has 294 valence electrons. The van der Waals surface area contributed by atoms with Gasteiger partial charge in [0, 0.05) is 0 Å². The van der Waals surface area contributed by atoms with Gasteiger partial charge in [-0.15, -0.1) is 0 Å². The third kappa shape index (κ3) is 11.5. The topological polar surface area (TPSA) is 27.7 Å². The summed E-state index contributed by atoms with van der Waals surface area (Å²) in [4.78, 5) is 0. The number of aryl methyl sites for hydroxylation is 1. The first-order valence-electron chi connectivity index (χ1n) is 20.8. The zero-order chi connectivity index (χ0) is 40.1. The van der Waals surface area contributed by atoms with Gasteiger partial charge in [0.1, 0.15) is 28.7 Å². The highest BCUT2D eigenvalue weighted by Gasteiger charge is 2.33. The summed E-state index contributed by atoms with van der Waals surface area (Å²) >= 11 is 0. The van der Waals surface area contributed by atoms with E-state index in [-0.39, 0.29) is 16.7 Å². The van der Waals surface area contributed by atoms with Gasteiger partial charge in [0.05, 0.1) is 6.61 Å². The van der Waals surface area contributed by atoms with Gasteiger partial charge >= 0.3 is 0 Å². The molecule has 6 aromatic rings. The summed E-state index contributed by atoms with van der Waals surface area (Å²) in [7, 11) is 0. The van der Waals surface area contributed by atoms with E-state index in [1.807, 2.05) is 66.7 Å². The van der Waals surface area contributed by atoms with Gasteiger partial charge in [-0.3, -0.25) is 0 Å². The fraction of sp³-hybridized carbons (Fsp3) is 0.296. The van der Waals surface area contributed by atoms with Crippen LogP contribution in [0.3, 0.4) is 0 Å². The van der Waals surface area contributed by atoms with E-state index in [0.717, 1.165) is 67.3 Å². The molecule has 0 aliphatic heterocycles. The molecule has 0 saturated heterocycles. The summed E-state index contributed by atoms with van der Waals surface area (Å²) in [5.74, 6) is 4.66. The standard InChI is InChI=1S/C54H60O3/c1-7-41(3)43-30-32-46(33-31-43)53(4,5)36-34-45(44-21-16-29-52(38-44)57-49-25-13-10-14-26-49)40-54(6,47-22-17-27-50(39-47)55-8-2)35-18-20-42-19-15-28-51(37-42)56-48-23-11-9-12-24-48/h7,9-17,19,21-33,37-39,45H,8,18,20,34-36,40H2,1-6H3. The number of rotatable bonds is 19. The van der Waals surface area contributed by atoms with Crippen molar-refractivity contribution >= 4 is 5.57 Å². The molecule has 6 rings (SSSR count). The van der Waals surface area contributed by atoms with E-state index < -0.39 is 0 Å². The Kier molecular flexibility index (Phi) is 14.1. The van der Waals surface area contributed by atoms with E-state index in [0.29, 0.717) is 6.61 Å². The first kappa shape index (κ1) is 41.1. The monoisotopic (exact) mass is 756 g/mol. The highest BCUT2D eigenvalue weighted by atomic mass is 16.5. The predicted molar refractivity (Wildman–Crippen MR) is 239 cm³/mol. The predicted octanol–water partition coefficient (Wildman–Crippen LogP) is 15.3. The van der Waals surface area contributed by atoms with Gasteiger partial charge in [0.15, 0.2) is 0 Å². The van der Waals surface area contributed by atoms with Crippen molar-refractivity contribution in [1.82, 2.24) is 0 Å². The van der Waals surface area contributed by atoms with Crippen molar-refractivity contribution in [2.24, 2.45) is 0 Å². The van der Waals surface area contributed by atoms with Crippen LogP contribution in [0.5, 0.6) is 28.7 Å². The zero-order valence-electron chi connectivity index (χ0n) is 34.8. The number of hydrogen-bond donors (Lipinski definition) is 0. The molecule has 0 aromatic heterocycles. The molecular weight excluding hydrogens is 697 g/mol. The lowest BCUT2D eigenvalue weighted by atomic mass is 9.68. The zero-order valence-corrected chi connectivity index (χ0v) is 34.8. The van der Waals surface area contributed by atoms with Crippen LogP contribution in [0.25, 0.3) is 5.57 Å². The minimum absolute atomic E-state index is 0.00309. The van der Waals surface area contributed by atoms with Crippen molar-refractivity contribution in [3.8, 4) is 28.7 Å². The Morgan fingerprint density at radius 2 is 1.19 bits per heavy atom. The van der Waals surface area contributed by atoms with E-state index in [9.17, 15) is 0 Å². The van der Waals surface area contributed by atoms with Crippen LogP contribution in [-0.4, -0.2) is 6.61 Å². The molecule has 2 atom stereocenters. The largest absolute Gasteiger partial charge is 0.494 e. The highest BCUT2D eigenvalue weighted by molar-refractivity contribution is 5.63. The van der Waals surface area contributed by atoms with E-state index in [4.69, 9.17) is 14.2 Å². The van der Waals surface area contributed by atoms with E-state index in [2.05, 4.69) is 139 Å². The smallest absolute Gasteiger partial charge is 0.127 e. The molecule has 3 nitrogen and oxygen atoms in total. The van der Waals surface area contributed by atoms with Crippen LogP contribution in [0.1, 0.15) is 107 Å². The molecule has 0 bridgehead atoms. The van der Waals surface area contributed by atoms with Crippen LogP contribution in [-0.2, 0) is 17.3 Å². The SMILES string of the molecule is CC=C(C)c1ccc(C(C)(C)CCC(CC(C)(CCCc2cccc(Oc3ccccc3)c2)c2cccc(OCC)c2)c2cccc(Oc3ccccc3)c2)cc1. The molecule has 0 fully saturated rings. The van der Waals surface area contributed by atoms with Gasteiger partial charge in [0.2, 0.25) is 0 Å². The molecule has 57 heavy (non-hydrogen) atoms. The maximum Gasteiger partial charge on any atom is 0.127 e. The van der Waals surface area contributed by atoms with Crippen LogP contribution in [0.4, 0.5) is 0 Å². The van der Waals surface area contributed by atoms with Gasteiger partial charge in [0.25, 0.3) is 0 Å². The Morgan fingerprint density at radius 3 is 1.84 bits per heavy atom. The molecule has 0 N–H and O–H groups in total. The van der Waals surface area contributed by atoms with Crippen molar-refractivity contribution in [3.63, 3.8) is 0 Å². The first-order chi connectivity index (χ1) is 27.6. The fourth-order valence-corrected chi connectivity index (χ4v) is 7.98. The fourth-order valence-electron chi connectivity index (χ4n) is 7.98. The second kappa shape index (κ2) is 19.6. The molecule has 0 heterocycles. The average molecular weight is 757 g/mol. The molecule has 0 radical (unpaired) electrons. The van der Waals surface area contributed by atoms with Crippen LogP contribution < -0.4 is 14.2 Å². The lowest BCUT2D eigenvalue weighted by molar-refractivity contribution is 0.320. The third-order valence-electron chi connectivity index (χ3n) is 11.6. The summed E-state index contributed by atoms with van der Waals surface area (Å²) in [5.41, 5.74) is 7.76. The van der Waals surface area contributed by atoms with Gasteiger partial charge in [-0.25, -0.2) is 0 Å². The maximum absolute atomic E-state index is 6.41. The molecule has 6 aromatic carbocycles. The van der Waals surface area contributed by atoms with Crippen molar-refractivity contribution in [1.29, 1.82) is 0 Å². The number of benzene rings is 6. The molecule has 0 aliphatic rings. The number of ether oxygens (including phenoxy) is 3. The summed E-state index contributed by atoms with van der Waals surface area (Å²) in [6, 6.07) is 55.5. The third-order valence-corrected chi connectivity index (χ3v) is 11.6. The molecule has 0 amide bonds. The highest BCUT2D eigenvalue weighted by Crippen LogP contribution is 2.44. The Bertz CT molecular complexity index is 2170. The van der Waals surface area contributed by atoms with Gasteiger partial charge < -0.3 is 14.2 Å². The Morgan fingerprint density at radius 1 is 0.596 bits per heavy atom. The molecule has 0 aliphatic carbocycles. The lowest BCUT2D eigenvalue weighted by Gasteiger charge is -2.36. The van der Waals surface area contributed by atoms with Crippen molar-refractivity contribution < 1.29 is 14.2 Å². The van der Waals surface area contributed by atoms with Gasteiger partial charge in [-0.1, -0.05) is 124 Å². The summed E-state index contributed by atoms with van der Waals surface area (Å²) < 4.78 is 18.7. The molecule has 2 unspecified atom stereocenters. The van der Waals surface area contributed by atoms with E-state index in [1.165, 1.54) is 33.4 Å². The van der Waals surface area contributed by atoms with Crippen molar-refractivity contribution in [2.75, 3.05) is 6.61 Å². The van der Waals surface area contributed by atoms with Crippen LogP contribution >= 0.6 is 0 Å². The molecular formula is C54H60O3. The Balaban J connectivity index is 1.29. The Hall–Kier alpha value is -5.54. The van der Waals surface area contributed by atoms with E-state index in [1.54, 1.807) is 0 Å². The van der Waals surface area contributed by atoms with Gasteiger partial charge in [-0.05, 0) is 170 Å². The first-order valence-corrected chi connectivity index (χ1v) is 20.8.